The van der Waals surface area contributed by atoms with Crippen LogP contribution >= 0.6 is 11.8 Å². The first-order valence-corrected chi connectivity index (χ1v) is 10.5. The Balaban J connectivity index is 1.76. The van der Waals surface area contributed by atoms with Crippen LogP contribution in [0.1, 0.15) is 18.9 Å². The Labute approximate surface area is 174 Å². The van der Waals surface area contributed by atoms with E-state index in [1.54, 1.807) is 29.7 Å². The molecule has 0 aliphatic carbocycles. The van der Waals surface area contributed by atoms with Gasteiger partial charge in [-0.1, -0.05) is 49.0 Å². The van der Waals surface area contributed by atoms with Crippen LogP contribution in [0.15, 0.2) is 58.5 Å². The van der Waals surface area contributed by atoms with Gasteiger partial charge < -0.3 is 9.64 Å². The highest BCUT2D eigenvalue weighted by atomic mass is 32.2. The van der Waals surface area contributed by atoms with Crippen LogP contribution in [0.3, 0.4) is 0 Å². The highest BCUT2D eigenvalue weighted by molar-refractivity contribution is 7.99. The maximum Gasteiger partial charge on any atom is 0.262 e. The third kappa shape index (κ3) is 4.79. The molecular formula is C22H25N3O3S. The Morgan fingerprint density at radius 3 is 2.66 bits per heavy atom. The number of ether oxygens (including phenoxy) is 1. The summed E-state index contributed by atoms with van der Waals surface area (Å²) < 4.78 is 7.03. The Hall–Kier alpha value is -2.80. The molecule has 0 aliphatic heterocycles. The molecule has 29 heavy (non-hydrogen) atoms. The maximum absolute atomic E-state index is 12.8. The van der Waals surface area contributed by atoms with Gasteiger partial charge in [-0.05, 0) is 24.6 Å². The van der Waals surface area contributed by atoms with Gasteiger partial charge >= 0.3 is 0 Å². The predicted octanol–water partition coefficient (Wildman–Crippen LogP) is 3.57. The second-order valence-corrected chi connectivity index (χ2v) is 7.66. The lowest BCUT2D eigenvalue weighted by atomic mass is 10.2. The third-order valence-corrected chi connectivity index (χ3v) is 5.59. The van der Waals surface area contributed by atoms with Gasteiger partial charge in [0, 0.05) is 25.7 Å². The van der Waals surface area contributed by atoms with Crippen LogP contribution < -0.4 is 10.3 Å². The fourth-order valence-corrected chi connectivity index (χ4v) is 4.06. The van der Waals surface area contributed by atoms with E-state index in [4.69, 9.17) is 4.74 Å². The number of hydrogen-bond donors (Lipinski definition) is 0. The van der Waals surface area contributed by atoms with Crippen LogP contribution in [0, 0.1) is 0 Å². The number of fused-ring (bicyclic) bond motifs is 1. The minimum absolute atomic E-state index is 0.0358. The Kier molecular flexibility index (Phi) is 6.93. The van der Waals surface area contributed by atoms with Crippen LogP contribution in [-0.2, 0) is 17.9 Å². The number of para-hydroxylation sites is 2. The largest absolute Gasteiger partial charge is 0.496 e. The summed E-state index contributed by atoms with van der Waals surface area (Å²) in [5.41, 5.74) is 1.54. The first kappa shape index (κ1) is 20.9. The molecule has 0 bridgehead atoms. The molecule has 0 aliphatic rings. The van der Waals surface area contributed by atoms with Crippen LogP contribution in [0.2, 0.25) is 0 Å². The summed E-state index contributed by atoms with van der Waals surface area (Å²) in [4.78, 5) is 31.8. The normalized spacial score (nSPS) is 10.9. The standard InChI is InChI=1S/C22H25N3O3S/c1-4-13-25-21(27)17-10-6-7-11-18(17)23-22(25)29-15-20(26)24(2)14-16-9-5-8-12-19(16)28-3/h5-12H,4,13-15H2,1-3H3. The van der Waals surface area contributed by atoms with Crippen molar-refractivity contribution in [2.75, 3.05) is 19.9 Å². The van der Waals surface area contributed by atoms with Gasteiger partial charge in [0.25, 0.3) is 5.56 Å². The molecule has 0 unspecified atom stereocenters. The van der Waals surface area contributed by atoms with Gasteiger partial charge in [0.05, 0.1) is 23.8 Å². The lowest BCUT2D eigenvalue weighted by molar-refractivity contribution is -0.127. The van der Waals surface area contributed by atoms with Crippen molar-refractivity contribution in [1.29, 1.82) is 0 Å². The zero-order valence-electron chi connectivity index (χ0n) is 16.9. The lowest BCUT2D eigenvalue weighted by Gasteiger charge is -2.19. The minimum Gasteiger partial charge on any atom is -0.496 e. The number of nitrogens with zero attached hydrogens (tertiary/aromatic N) is 3. The summed E-state index contributed by atoms with van der Waals surface area (Å²) in [7, 11) is 3.39. The maximum atomic E-state index is 12.8. The molecule has 6 nitrogen and oxygen atoms in total. The highest BCUT2D eigenvalue weighted by Gasteiger charge is 2.16. The molecule has 0 radical (unpaired) electrons. The summed E-state index contributed by atoms with van der Waals surface area (Å²) in [6.07, 6.45) is 0.815. The van der Waals surface area contributed by atoms with Crippen LogP contribution in [-0.4, -0.2) is 40.3 Å². The van der Waals surface area contributed by atoms with E-state index in [0.717, 1.165) is 17.7 Å². The van der Waals surface area contributed by atoms with Crippen molar-refractivity contribution in [1.82, 2.24) is 14.5 Å². The summed E-state index contributed by atoms with van der Waals surface area (Å²) in [5, 5.41) is 1.18. The number of amides is 1. The van der Waals surface area contributed by atoms with Gasteiger partial charge in [-0.15, -0.1) is 0 Å². The number of benzene rings is 2. The predicted molar refractivity (Wildman–Crippen MR) is 116 cm³/mol. The van der Waals surface area contributed by atoms with Crippen molar-refractivity contribution >= 4 is 28.6 Å². The van der Waals surface area contributed by atoms with Gasteiger partial charge in [0.2, 0.25) is 5.91 Å². The monoisotopic (exact) mass is 411 g/mol. The SMILES string of the molecule is CCCn1c(SCC(=O)N(C)Cc2ccccc2OC)nc2ccccc2c1=O. The minimum atomic E-state index is -0.0604. The van der Waals surface area contributed by atoms with Crippen LogP contribution in [0.25, 0.3) is 10.9 Å². The van der Waals surface area contributed by atoms with Gasteiger partial charge in [-0.2, -0.15) is 0 Å². The van der Waals surface area contributed by atoms with Crippen molar-refractivity contribution < 1.29 is 9.53 Å². The third-order valence-electron chi connectivity index (χ3n) is 4.62. The second-order valence-electron chi connectivity index (χ2n) is 6.72. The molecule has 3 aromatic rings. The molecule has 0 N–H and O–H groups in total. The zero-order valence-corrected chi connectivity index (χ0v) is 17.7. The van der Waals surface area contributed by atoms with Crippen molar-refractivity contribution in [2.45, 2.75) is 31.6 Å². The lowest BCUT2D eigenvalue weighted by Crippen LogP contribution is -2.29. The zero-order chi connectivity index (χ0) is 20.8. The van der Waals surface area contributed by atoms with Gasteiger partial charge in [-0.25, -0.2) is 4.98 Å². The number of carbonyl (C=O) groups is 1. The van der Waals surface area contributed by atoms with Crippen molar-refractivity contribution in [3.8, 4) is 5.75 Å². The molecule has 0 fully saturated rings. The van der Waals surface area contributed by atoms with E-state index in [0.29, 0.717) is 29.1 Å². The summed E-state index contributed by atoms with van der Waals surface area (Å²) >= 11 is 1.30. The molecule has 0 spiro atoms. The second kappa shape index (κ2) is 9.60. The number of aromatic nitrogens is 2. The van der Waals surface area contributed by atoms with E-state index in [1.807, 2.05) is 49.4 Å². The topological polar surface area (TPSA) is 64.4 Å². The summed E-state index contributed by atoms with van der Waals surface area (Å²) in [6.45, 7) is 3.04. The molecule has 7 heteroatoms. The number of rotatable bonds is 8. The summed E-state index contributed by atoms with van der Waals surface area (Å²) in [5.74, 6) is 0.930. The molecule has 0 atom stereocenters. The first-order chi connectivity index (χ1) is 14.0. The van der Waals surface area contributed by atoms with E-state index in [9.17, 15) is 9.59 Å². The Bertz CT molecular complexity index is 1060. The van der Waals surface area contributed by atoms with Crippen molar-refractivity contribution in [3.05, 3.63) is 64.4 Å². The molecule has 1 heterocycles. The van der Waals surface area contributed by atoms with E-state index in [1.165, 1.54) is 11.8 Å². The molecule has 1 aromatic heterocycles. The van der Waals surface area contributed by atoms with Crippen molar-refractivity contribution in [2.24, 2.45) is 0 Å². The van der Waals surface area contributed by atoms with Crippen molar-refractivity contribution in [3.63, 3.8) is 0 Å². The quantitative estimate of drug-likeness (QED) is 0.419. The number of hydrogen-bond acceptors (Lipinski definition) is 5. The average molecular weight is 412 g/mol. The summed E-state index contributed by atoms with van der Waals surface area (Å²) in [6, 6.07) is 15.0. The van der Waals surface area contributed by atoms with E-state index >= 15 is 0 Å². The molecular weight excluding hydrogens is 386 g/mol. The molecule has 152 valence electrons. The fraction of sp³-hybridized carbons (Fsp3) is 0.318. The molecule has 0 saturated carbocycles. The first-order valence-electron chi connectivity index (χ1n) is 9.53. The van der Waals surface area contributed by atoms with Crippen LogP contribution in [0.4, 0.5) is 0 Å². The smallest absolute Gasteiger partial charge is 0.262 e. The molecule has 0 saturated heterocycles. The fourth-order valence-electron chi connectivity index (χ4n) is 3.09. The van der Waals surface area contributed by atoms with E-state index in [-0.39, 0.29) is 17.2 Å². The van der Waals surface area contributed by atoms with Crippen LogP contribution in [0.5, 0.6) is 5.75 Å². The Morgan fingerprint density at radius 2 is 1.90 bits per heavy atom. The Morgan fingerprint density at radius 1 is 1.17 bits per heavy atom. The number of thioether (sulfide) groups is 1. The van der Waals surface area contributed by atoms with Gasteiger partial charge in [-0.3, -0.25) is 14.2 Å². The molecule has 1 amide bonds. The highest BCUT2D eigenvalue weighted by Crippen LogP contribution is 2.21. The van der Waals surface area contributed by atoms with E-state index < -0.39 is 0 Å². The van der Waals surface area contributed by atoms with Gasteiger partial charge in [0.15, 0.2) is 5.16 Å². The molecule has 3 rings (SSSR count). The van der Waals surface area contributed by atoms with E-state index in [2.05, 4.69) is 4.98 Å². The average Bonchev–Trinajstić information content (AvgIpc) is 2.74. The number of methoxy groups -OCH3 is 1. The molecule has 2 aromatic carbocycles. The van der Waals surface area contributed by atoms with Gasteiger partial charge in [0.1, 0.15) is 5.75 Å². The number of carbonyl (C=O) groups excluding carboxylic acids is 1.